The molecule has 2 N–H and O–H groups in total. The number of hydrogen-bond donors (Lipinski definition) is 1. The van der Waals surface area contributed by atoms with Gasteiger partial charge in [-0.2, -0.15) is 0 Å². The number of rotatable bonds is 3. The Balaban J connectivity index is 1.58. The summed E-state index contributed by atoms with van der Waals surface area (Å²) in [5, 5.41) is 0. The van der Waals surface area contributed by atoms with Crippen molar-refractivity contribution >= 4 is 21.4 Å². The standard InChI is InChI=1S/C15H22N4O3S/c16-15(20)14-11-13(1-4-17-14)18-5-2-12(3-6-18)19-7-9-23(21,22)10-8-19/h1,4,11-12H,2-3,5-10H2,(H2,16,20). The van der Waals surface area contributed by atoms with Gasteiger partial charge in [-0.05, 0) is 25.0 Å². The highest BCUT2D eigenvalue weighted by Gasteiger charge is 2.29. The van der Waals surface area contributed by atoms with Crippen LogP contribution in [0.5, 0.6) is 0 Å². The molecule has 8 heteroatoms. The molecule has 126 valence electrons. The summed E-state index contributed by atoms with van der Waals surface area (Å²) in [7, 11) is -2.82. The van der Waals surface area contributed by atoms with Crippen molar-refractivity contribution < 1.29 is 13.2 Å². The van der Waals surface area contributed by atoms with Crippen LogP contribution >= 0.6 is 0 Å². The second kappa shape index (κ2) is 6.45. The number of amides is 1. The van der Waals surface area contributed by atoms with Crippen molar-refractivity contribution in [1.82, 2.24) is 9.88 Å². The monoisotopic (exact) mass is 338 g/mol. The van der Waals surface area contributed by atoms with Gasteiger partial charge in [-0.25, -0.2) is 8.42 Å². The van der Waals surface area contributed by atoms with E-state index in [1.165, 1.54) is 0 Å². The molecule has 2 aliphatic heterocycles. The third kappa shape index (κ3) is 3.81. The van der Waals surface area contributed by atoms with Crippen molar-refractivity contribution in [3.8, 4) is 0 Å². The van der Waals surface area contributed by atoms with Crippen molar-refractivity contribution in [3.05, 3.63) is 24.0 Å². The molecular weight excluding hydrogens is 316 g/mol. The van der Waals surface area contributed by atoms with Gasteiger partial charge in [0.25, 0.3) is 5.91 Å². The lowest BCUT2D eigenvalue weighted by molar-refractivity contribution is 0.0995. The quantitative estimate of drug-likeness (QED) is 0.825. The molecule has 1 aromatic rings. The lowest BCUT2D eigenvalue weighted by Gasteiger charge is -2.40. The lowest BCUT2D eigenvalue weighted by atomic mass is 10.0. The molecule has 0 saturated carbocycles. The molecule has 0 bridgehead atoms. The van der Waals surface area contributed by atoms with Crippen LogP contribution in [0.4, 0.5) is 5.69 Å². The molecule has 3 rings (SSSR count). The minimum atomic E-state index is -2.82. The molecule has 0 radical (unpaired) electrons. The first kappa shape index (κ1) is 16.2. The van der Waals surface area contributed by atoms with Crippen LogP contribution in [-0.4, -0.2) is 67.9 Å². The van der Waals surface area contributed by atoms with Gasteiger partial charge in [0.2, 0.25) is 0 Å². The SMILES string of the molecule is NC(=O)c1cc(N2CCC(N3CCS(=O)(=O)CC3)CC2)ccn1. The summed E-state index contributed by atoms with van der Waals surface area (Å²) in [5.41, 5.74) is 6.53. The van der Waals surface area contributed by atoms with Crippen LogP contribution in [0, 0.1) is 0 Å². The third-order valence-electron chi connectivity index (χ3n) is 4.72. The number of piperidine rings is 1. The molecule has 2 fully saturated rings. The number of primary amides is 1. The zero-order chi connectivity index (χ0) is 16.4. The third-order valence-corrected chi connectivity index (χ3v) is 6.33. The van der Waals surface area contributed by atoms with Crippen molar-refractivity contribution in [2.75, 3.05) is 42.6 Å². The van der Waals surface area contributed by atoms with E-state index in [-0.39, 0.29) is 17.2 Å². The fourth-order valence-corrected chi connectivity index (χ4v) is 4.56. The first-order chi connectivity index (χ1) is 10.9. The van der Waals surface area contributed by atoms with Gasteiger partial charge < -0.3 is 10.6 Å². The van der Waals surface area contributed by atoms with E-state index in [9.17, 15) is 13.2 Å². The van der Waals surface area contributed by atoms with Gasteiger partial charge in [-0.15, -0.1) is 0 Å². The number of anilines is 1. The van der Waals surface area contributed by atoms with E-state index in [2.05, 4.69) is 14.8 Å². The Labute approximate surface area is 136 Å². The summed E-state index contributed by atoms with van der Waals surface area (Å²) < 4.78 is 23.0. The van der Waals surface area contributed by atoms with Crippen molar-refractivity contribution in [1.29, 1.82) is 0 Å². The molecule has 7 nitrogen and oxygen atoms in total. The Morgan fingerprint density at radius 3 is 2.43 bits per heavy atom. The summed E-state index contributed by atoms with van der Waals surface area (Å²) in [5.74, 6) is 0.0373. The highest BCUT2D eigenvalue weighted by Crippen LogP contribution is 2.23. The maximum absolute atomic E-state index is 11.5. The normalized spacial score (nSPS) is 22.9. The van der Waals surface area contributed by atoms with Crippen molar-refractivity contribution in [2.24, 2.45) is 5.73 Å². The van der Waals surface area contributed by atoms with Crippen LogP contribution in [0.15, 0.2) is 18.3 Å². The number of pyridine rings is 1. The zero-order valence-corrected chi connectivity index (χ0v) is 13.8. The largest absolute Gasteiger partial charge is 0.371 e. The number of hydrogen-bond acceptors (Lipinski definition) is 6. The number of sulfone groups is 1. The van der Waals surface area contributed by atoms with Gasteiger partial charge in [0, 0.05) is 44.1 Å². The summed E-state index contributed by atoms with van der Waals surface area (Å²) in [4.78, 5) is 19.7. The van der Waals surface area contributed by atoms with E-state index in [0.717, 1.165) is 31.6 Å². The van der Waals surface area contributed by atoms with E-state index in [0.29, 0.717) is 19.1 Å². The number of carbonyl (C=O) groups excluding carboxylic acids is 1. The first-order valence-electron chi connectivity index (χ1n) is 7.90. The summed E-state index contributed by atoms with van der Waals surface area (Å²) in [6.45, 7) is 3.06. The second-order valence-electron chi connectivity index (χ2n) is 6.17. The fraction of sp³-hybridized carbons (Fsp3) is 0.600. The Bertz CT molecular complexity index is 670. The van der Waals surface area contributed by atoms with Gasteiger partial charge in [0.1, 0.15) is 5.69 Å². The van der Waals surface area contributed by atoms with Crippen LogP contribution in [-0.2, 0) is 9.84 Å². The minimum Gasteiger partial charge on any atom is -0.371 e. The Hall–Kier alpha value is -1.67. The molecule has 0 unspecified atom stereocenters. The van der Waals surface area contributed by atoms with Gasteiger partial charge in [-0.3, -0.25) is 14.7 Å². The Morgan fingerprint density at radius 1 is 1.17 bits per heavy atom. The molecular formula is C15H22N4O3S. The summed E-state index contributed by atoms with van der Waals surface area (Å²) >= 11 is 0. The zero-order valence-electron chi connectivity index (χ0n) is 13.0. The van der Waals surface area contributed by atoms with E-state index in [1.807, 2.05) is 6.07 Å². The highest BCUT2D eigenvalue weighted by atomic mass is 32.2. The van der Waals surface area contributed by atoms with Crippen molar-refractivity contribution in [3.63, 3.8) is 0 Å². The maximum atomic E-state index is 11.5. The second-order valence-corrected chi connectivity index (χ2v) is 8.47. The molecule has 2 saturated heterocycles. The van der Waals surface area contributed by atoms with Crippen molar-refractivity contribution in [2.45, 2.75) is 18.9 Å². The number of nitrogens with zero attached hydrogens (tertiary/aromatic N) is 3. The molecule has 23 heavy (non-hydrogen) atoms. The number of aromatic nitrogens is 1. The van der Waals surface area contributed by atoms with Crippen LogP contribution in [0.1, 0.15) is 23.3 Å². The highest BCUT2D eigenvalue weighted by molar-refractivity contribution is 7.91. The molecule has 0 spiro atoms. The van der Waals surface area contributed by atoms with Gasteiger partial charge in [0.05, 0.1) is 11.5 Å². The van der Waals surface area contributed by atoms with Crippen LogP contribution in [0.2, 0.25) is 0 Å². The van der Waals surface area contributed by atoms with E-state index in [1.54, 1.807) is 12.3 Å². The molecule has 0 atom stereocenters. The predicted molar refractivity (Wildman–Crippen MR) is 88.2 cm³/mol. The molecule has 0 aromatic carbocycles. The first-order valence-corrected chi connectivity index (χ1v) is 9.72. The molecule has 1 aromatic heterocycles. The molecule has 0 aliphatic carbocycles. The average Bonchev–Trinajstić information content (AvgIpc) is 2.55. The summed E-state index contributed by atoms with van der Waals surface area (Å²) in [6.07, 6.45) is 3.60. The number of nitrogens with two attached hydrogens (primary N) is 1. The lowest BCUT2D eigenvalue weighted by Crippen LogP contribution is -2.50. The minimum absolute atomic E-state index is 0.277. The smallest absolute Gasteiger partial charge is 0.267 e. The van der Waals surface area contributed by atoms with Gasteiger partial charge in [-0.1, -0.05) is 0 Å². The summed E-state index contributed by atoms with van der Waals surface area (Å²) in [6, 6.07) is 4.07. The Morgan fingerprint density at radius 2 is 1.83 bits per heavy atom. The molecule has 3 heterocycles. The fourth-order valence-electron chi connectivity index (χ4n) is 3.33. The van der Waals surface area contributed by atoms with Crippen LogP contribution < -0.4 is 10.6 Å². The predicted octanol–water partition coefficient (Wildman–Crippen LogP) is -0.120. The molecule has 1 amide bonds. The van der Waals surface area contributed by atoms with E-state index >= 15 is 0 Å². The van der Waals surface area contributed by atoms with Crippen LogP contribution in [0.3, 0.4) is 0 Å². The Kier molecular flexibility index (Phi) is 4.54. The number of carbonyl (C=O) groups is 1. The molecule has 2 aliphatic rings. The average molecular weight is 338 g/mol. The van der Waals surface area contributed by atoms with Gasteiger partial charge >= 0.3 is 0 Å². The van der Waals surface area contributed by atoms with E-state index in [4.69, 9.17) is 5.73 Å². The maximum Gasteiger partial charge on any atom is 0.267 e. The van der Waals surface area contributed by atoms with Crippen LogP contribution in [0.25, 0.3) is 0 Å². The topological polar surface area (TPSA) is 96.6 Å². The van der Waals surface area contributed by atoms with E-state index < -0.39 is 15.7 Å². The van der Waals surface area contributed by atoms with Gasteiger partial charge in [0.15, 0.2) is 9.84 Å².